The van der Waals surface area contributed by atoms with Gasteiger partial charge in [0.15, 0.2) is 11.5 Å². The van der Waals surface area contributed by atoms with Gasteiger partial charge in [0.1, 0.15) is 0 Å². The van der Waals surface area contributed by atoms with E-state index < -0.39 is 5.97 Å². The Kier molecular flexibility index (Phi) is 5.44. The highest BCUT2D eigenvalue weighted by Gasteiger charge is 2.18. The van der Waals surface area contributed by atoms with Crippen LogP contribution in [-0.2, 0) is 4.79 Å². The van der Waals surface area contributed by atoms with Crippen molar-refractivity contribution in [3.05, 3.63) is 23.8 Å². The molecule has 21 heavy (non-hydrogen) atoms. The molecule has 5 heteroatoms. The second-order valence-corrected chi connectivity index (χ2v) is 5.20. The molecule has 0 radical (unpaired) electrons. The first-order valence-corrected chi connectivity index (χ1v) is 7.47. The fraction of sp³-hybridized carbons (Fsp3) is 0.562. The Morgan fingerprint density at radius 1 is 1.33 bits per heavy atom. The van der Waals surface area contributed by atoms with Crippen LogP contribution < -0.4 is 9.47 Å². The maximum Gasteiger partial charge on any atom is 0.304 e. The molecule has 1 aromatic carbocycles. The number of carboxylic acid groups (broad SMARTS) is 1. The highest BCUT2D eigenvalue weighted by Crippen LogP contribution is 2.33. The molecule has 1 heterocycles. The summed E-state index contributed by atoms with van der Waals surface area (Å²) < 4.78 is 11.3. The molecule has 1 unspecified atom stereocenters. The van der Waals surface area contributed by atoms with Gasteiger partial charge in [-0.1, -0.05) is 13.0 Å². The monoisotopic (exact) mass is 293 g/mol. The average Bonchev–Trinajstić information content (AvgIpc) is 2.71. The first-order valence-electron chi connectivity index (χ1n) is 7.47. The highest BCUT2D eigenvalue weighted by atomic mass is 16.5. The number of aliphatic carboxylic acids is 1. The van der Waals surface area contributed by atoms with Crippen molar-refractivity contribution < 1.29 is 19.4 Å². The molecule has 0 saturated heterocycles. The molecule has 1 N–H and O–H groups in total. The Labute approximate surface area is 125 Å². The third-order valence-corrected chi connectivity index (χ3v) is 3.82. The molecule has 0 amide bonds. The predicted molar refractivity (Wildman–Crippen MR) is 80.0 cm³/mol. The lowest BCUT2D eigenvalue weighted by molar-refractivity contribution is -0.137. The van der Waals surface area contributed by atoms with E-state index in [2.05, 4.69) is 11.8 Å². The molecule has 0 saturated carbocycles. The number of carbonyl (C=O) groups is 1. The number of carboxylic acids is 1. The number of rotatable bonds is 6. The number of benzene rings is 1. The lowest BCUT2D eigenvalue weighted by atomic mass is 10.1. The van der Waals surface area contributed by atoms with Crippen LogP contribution in [0.5, 0.6) is 11.5 Å². The van der Waals surface area contributed by atoms with Crippen molar-refractivity contribution in [2.75, 3.05) is 26.3 Å². The van der Waals surface area contributed by atoms with E-state index in [0.717, 1.165) is 30.0 Å². The van der Waals surface area contributed by atoms with E-state index in [9.17, 15) is 4.79 Å². The maximum absolute atomic E-state index is 10.7. The Morgan fingerprint density at radius 2 is 2.05 bits per heavy atom. The van der Waals surface area contributed by atoms with Crippen LogP contribution in [-0.4, -0.2) is 42.3 Å². The van der Waals surface area contributed by atoms with Crippen LogP contribution in [0.4, 0.5) is 0 Å². The molecule has 5 nitrogen and oxygen atoms in total. The molecule has 2 rings (SSSR count). The lowest BCUT2D eigenvalue weighted by Gasteiger charge is -2.28. The van der Waals surface area contributed by atoms with Crippen LogP contribution in [0.1, 0.15) is 38.3 Å². The molecule has 1 aromatic rings. The van der Waals surface area contributed by atoms with Gasteiger partial charge >= 0.3 is 5.97 Å². The van der Waals surface area contributed by atoms with Crippen molar-refractivity contribution in [3.63, 3.8) is 0 Å². The van der Waals surface area contributed by atoms with E-state index in [-0.39, 0.29) is 12.5 Å². The molecule has 0 aliphatic carbocycles. The molecule has 0 fully saturated rings. The van der Waals surface area contributed by atoms with Gasteiger partial charge in [-0.25, -0.2) is 0 Å². The summed E-state index contributed by atoms with van der Waals surface area (Å²) in [6.45, 7) is 6.83. The van der Waals surface area contributed by atoms with Crippen LogP contribution in [0, 0.1) is 0 Å². The van der Waals surface area contributed by atoms with E-state index in [1.807, 2.05) is 25.1 Å². The van der Waals surface area contributed by atoms with Crippen molar-refractivity contribution >= 4 is 5.97 Å². The molecule has 1 aliphatic rings. The van der Waals surface area contributed by atoms with Gasteiger partial charge in [-0.2, -0.15) is 0 Å². The van der Waals surface area contributed by atoms with Crippen LogP contribution in [0.2, 0.25) is 0 Å². The molecule has 1 aliphatic heterocycles. The van der Waals surface area contributed by atoms with Gasteiger partial charge in [0.05, 0.1) is 19.6 Å². The van der Waals surface area contributed by atoms with Gasteiger partial charge in [-0.3, -0.25) is 9.69 Å². The predicted octanol–water partition coefficient (Wildman–Crippen LogP) is 2.71. The average molecular weight is 293 g/mol. The molecule has 0 aromatic heterocycles. The maximum atomic E-state index is 10.7. The first-order chi connectivity index (χ1) is 10.1. The van der Waals surface area contributed by atoms with Gasteiger partial charge in [0, 0.05) is 19.0 Å². The van der Waals surface area contributed by atoms with Crippen LogP contribution in [0.25, 0.3) is 0 Å². The van der Waals surface area contributed by atoms with Crippen molar-refractivity contribution in [3.8, 4) is 11.5 Å². The van der Waals surface area contributed by atoms with E-state index >= 15 is 0 Å². The molecule has 0 spiro atoms. The topological polar surface area (TPSA) is 59.0 Å². The van der Waals surface area contributed by atoms with Gasteiger partial charge in [0.2, 0.25) is 0 Å². The zero-order chi connectivity index (χ0) is 15.2. The van der Waals surface area contributed by atoms with E-state index in [1.165, 1.54) is 0 Å². The van der Waals surface area contributed by atoms with Crippen molar-refractivity contribution in [1.82, 2.24) is 4.90 Å². The highest BCUT2D eigenvalue weighted by molar-refractivity contribution is 5.66. The van der Waals surface area contributed by atoms with Gasteiger partial charge < -0.3 is 14.6 Å². The minimum absolute atomic E-state index is 0.145. The summed E-state index contributed by atoms with van der Waals surface area (Å²) in [5.41, 5.74) is 1.12. The summed E-state index contributed by atoms with van der Waals surface area (Å²) in [6, 6.07) is 6.12. The Hall–Kier alpha value is -1.75. The summed E-state index contributed by atoms with van der Waals surface area (Å²) in [5.74, 6) is 0.808. The number of hydrogen-bond donors (Lipinski definition) is 1. The second kappa shape index (κ2) is 7.31. The van der Waals surface area contributed by atoms with Crippen LogP contribution in [0.3, 0.4) is 0 Å². The zero-order valence-electron chi connectivity index (χ0n) is 12.7. The third kappa shape index (κ3) is 4.11. The van der Waals surface area contributed by atoms with E-state index in [4.69, 9.17) is 14.6 Å². The van der Waals surface area contributed by atoms with Crippen molar-refractivity contribution in [2.45, 2.75) is 32.7 Å². The van der Waals surface area contributed by atoms with Gasteiger partial charge in [-0.05, 0) is 31.2 Å². The van der Waals surface area contributed by atoms with E-state index in [1.54, 1.807) is 0 Å². The van der Waals surface area contributed by atoms with Crippen molar-refractivity contribution in [2.24, 2.45) is 0 Å². The summed E-state index contributed by atoms with van der Waals surface area (Å²) in [5, 5.41) is 8.84. The fourth-order valence-corrected chi connectivity index (χ4v) is 2.52. The zero-order valence-corrected chi connectivity index (χ0v) is 12.7. The Morgan fingerprint density at radius 3 is 2.71 bits per heavy atom. The quantitative estimate of drug-likeness (QED) is 0.874. The van der Waals surface area contributed by atoms with E-state index in [0.29, 0.717) is 19.8 Å². The first kappa shape index (κ1) is 15.6. The van der Waals surface area contributed by atoms with Crippen molar-refractivity contribution in [1.29, 1.82) is 0 Å². The minimum atomic E-state index is -0.765. The molecule has 1 atom stereocenters. The van der Waals surface area contributed by atoms with Gasteiger partial charge in [-0.15, -0.1) is 0 Å². The SMILES string of the molecule is CCN(CCC(=O)O)C(C)c1ccc2c(c1)OCCCO2. The summed E-state index contributed by atoms with van der Waals surface area (Å²) in [7, 11) is 0. The molecule has 116 valence electrons. The normalized spacial score (nSPS) is 15.6. The van der Waals surface area contributed by atoms with Crippen LogP contribution in [0.15, 0.2) is 18.2 Å². The third-order valence-electron chi connectivity index (χ3n) is 3.82. The standard InChI is InChI=1S/C16H23NO4/c1-3-17(8-7-16(18)19)12(2)13-5-6-14-15(11-13)21-10-4-9-20-14/h5-6,11-12H,3-4,7-10H2,1-2H3,(H,18,19). The molecule has 0 bridgehead atoms. The summed E-state index contributed by atoms with van der Waals surface area (Å²) >= 11 is 0. The van der Waals surface area contributed by atoms with Gasteiger partial charge in [0.25, 0.3) is 0 Å². The Balaban J connectivity index is 2.12. The number of fused-ring (bicyclic) bond motifs is 1. The lowest BCUT2D eigenvalue weighted by Crippen LogP contribution is -2.29. The molecular formula is C16H23NO4. The number of ether oxygens (including phenoxy) is 2. The smallest absolute Gasteiger partial charge is 0.304 e. The fourth-order valence-electron chi connectivity index (χ4n) is 2.52. The number of nitrogens with zero attached hydrogens (tertiary/aromatic N) is 1. The second-order valence-electron chi connectivity index (χ2n) is 5.20. The Bertz CT molecular complexity index is 489. The summed E-state index contributed by atoms with van der Waals surface area (Å²) in [4.78, 5) is 12.9. The summed E-state index contributed by atoms with van der Waals surface area (Å²) in [6.07, 6.45) is 1.04. The molecular weight excluding hydrogens is 270 g/mol. The minimum Gasteiger partial charge on any atom is -0.490 e. The van der Waals surface area contributed by atoms with Crippen LogP contribution >= 0.6 is 0 Å². The largest absolute Gasteiger partial charge is 0.490 e. The number of hydrogen-bond acceptors (Lipinski definition) is 4.